The average molecular weight is 332 g/mol. The van der Waals surface area contributed by atoms with Gasteiger partial charge in [0.05, 0.1) is 6.42 Å². The fourth-order valence-corrected chi connectivity index (χ4v) is 2.87. The lowest BCUT2D eigenvalue weighted by atomic mass is 10.1. The number of ether oxygens (including phenoxy) is 1. The van der Waals surface area contributed by atoms with Crippen molar-refractivity contribution in [2.45, 2.75) is 39.2 Å². The van der Waals surface area contributed by atoms with E-state index in [9.17, 15) is 9.59 Å². The maximum Gasteiger partial charge on any atom is 0.410 e. The number of benzene rings is 1. The minimum atomic E-state index is -0.475. The van der Waals surface area contributed by atoms with Gasteiger partial charge in [0, 0.05) is 26.7 Å². The van der Waals surface area contributed by atoms with Crippen LogP contribution in [0.15, 0.2) is 30.3 Å². The first-order valence-corrected chi connectivity index (χ1v) is 8.50. The van der Waals surface area contributed by atoms with Crippen molar-refractivity contribution in [3.63, 3.8) is 0 Å². The lowest BCUT2D eigenvalue weighted by molar-refractivity contribution is -0.129. The van der Waals surface area contributed by atoms with E-state index in [2.05, 4.69) is 0 Å². The standard InChI is InChI=1S/C19H28N2O3/c1-19(2,3)24-18(23)21-11-10-16(14-21)13-20(4)17(22)12-15-8-6-5-7-9-15/h5-9,16H,10-14H2,1-4H3/t16-/m1/s1. The van der Waals surface area contributed by atoms with Crippen molar-refractivity contribution in [1.29, 1.82) is 0 Å². The van der Waals surface area contributed by atoms with Crippen LogP contribution in [0.1, 0.15) is 32.8 Å². The van der Waals surface area contributed by atoms with E-state index in [1.807, 2.05) is 58.2 Å². The van der Waals surface area contributed by atoms with Crippen molar-refractivity contribution >= 4 is 12.0 Å². The summed E-state index contributed by atoms with van der Waals surface area (Å²) < 4.78 is 5.41. The van der Waals surface area contributed by atoms with Gasteiger partial charge in [0.2, 0.25) is 5.91 Å². The zero-order valence-corrected chi connectivity index (χ0v) is 15.1. The van der Waals surface area contributed by atoms with Crippen molar-refractivity contribution < 1.29 is 14.3 Å². The molecule has 0 N–H and O–H groups in total. The second kappa shape index (κ2) is 7.69. The Labute approximate surface area is 144 Å². The van der Waals surface area contributed by atoms with E-state index in [0.29, 0.717) is 32.0 Å². The zero-order valence-electron chi connectivity index (χ0n) is 15.1. The van der Waals surface area contributed by atoms with E-state index in [-0.39, 0.29) is 12.0 Å². The lowest BCUT2D eigenvalue weighted by Gasteiger charge is -2.25. The number of carbonyl (C=O) groups is 2. The van der Waals surface area contributed by atoms with Gasteiger partial charge in [0.15, 0.2) is 0 Å². The highest BCUT2D eigenvalue weighted by Crippen LogP contribution is 2.20. The Morgan fingerprint density at radius 2 is 1.92 bits per heavy atom. The number of hydrogen-bond acceptors (Lipinski definition) is 3. The van der Waals surface area contributed by atoms with E-state index in [1.165, 1.54) is 0 Å². The van der Waals surface area contributed by atoms with Gasteiger partial charge in [0.1, 0.15) is 5.60 Å². The number of likely N-dealkylation sites (tertiary alicyclic amines) is 1. The Morgan fingerprint density at radius 3 is 2.54 bits per heavy atom. The molecule has 1 aromatic rings. The van der Waals surface area contributed by atoms with Crippen molar-refractivity contribution in [2.75, 3.05) is 26.7 Å². The molecule has 5 nitrogen and oxygen atoms in total. The summed E-state index contributed by atoms with van der Waals surface area (Å²) >= 11 is 0. The number of hydrogen-bond donors (Lipinski definition) is 0. The van der Waals surface area contributed by atoms with Crippen molar-refractivity contribution in [2.24, 2.45) is 5.92 Å². The summed E-state index contributed by atoms with van der Waals surface area (Å²) in [4.78, 5) is 27.9. The Hall–Kier alpha value is -2.04. The maximum atomic E-state index is 12.3. The molecule has 1 atom stereocenters. The molecule has 0 unspecified atom stereocenters. The van der Waals surface area contributed by atoms with Gasteiger partial charge in [-0.25, -0.2) is 4.79 Å². The van der Waals surface area contributed by atoms with Crippen molar-refractivity contribution in [3.05, 3.63) is 35.9 Å². The van der Waals surface area contributed by atoms with Crippen LogP contribution in [0.5, 0.6) is 0 Å². The molecule has 0 saturated carbocycles. The number of amides is 2. The van der Waals surface area contributed by atoms with Gasteiger partial charge in [-0.1, -0.05) is 30.3 Å². The topological polar surface area (TPSA) is 49.9 Å². The van der Waals surface area contributed by atoms with Crippen molar-refractivity contribution in [1.82, 2.24) is 9.80 Å². The maximum absolute atomic E-state index is 12.3. The Balaban J connectivity index is 1.80. The molecule has 1 fully saturated rings. The quantitative estimate of drug-likeness (QED) is 0.852. The first kappa shape index (κ1) is 18.3. The number of likely N-dealkylation sites (N-methyl/N-ethyl adjacent to an activating group) is 1. The third kappa shape index (κ3) is 5.55. The number of nitrogens with zero attached hydrogens (tertiary/aromatic N) is 2. The van der Waals surface area contributed by atoms with Gasteiger partial charge < -0.3 is 14.5 Å². The Morgan fingerprint density at radius 1 is 1.25 bits per heavy atom. The summed E-state index contributed by atoms with van der Waals surface area (Å²) in [6.45, 7) is 7.63. The number of carbonyl (C=O) groups excluding carboxylic acids is 2. The monoisotopic (exact) mass is 332 g/mol. The minimum absolute atomic E-state index is 0.108. The smallest absolute Gasteiger partial charge is 0.410 e. The van der Waals surface area contributed by atoms with Gasteiger partial charge >= 0.3 is 6.09 Å². The summed E-state index contributed by atoms with van der Waals surface area (Å²) in [6, 6.07) is 9.76. The fraction of sp³-hybridized carbons (Fsp3) is 0.579. The van der Waals surface area contributed by atoms with E-state index < -0.39 is 5.60 Å². The third-order valence-corrected chi connectivity index (χ3v) is 4.09. The highest BCUT2D eigenvalue weighted by Gasteiger charge is 2.30. The Bertz CT molecular complexity index is 566. The normalized spacial score (nSPS) is 17.7. The van der Waals surface area contributed by atoms with Crippen LogP contribution in [0.3, 0.4) is 0 Å². The largest absolute Gasteiger partial charge is 0.444 e. The molecule has 0 radical (unpaired) electrons. The molecule has 132 valence electrons. The predicted molar refractivity (Wildman–Crippen MR) is 93.7 cm³/mol. The average Bonchev–Trinajstić information content (AvgIpc) is 2.95. The predicted octanol–water partition coefficient (Wildman–Crippen LogP) is 2.94. The second-order valence-electron chi connectivity index (χ2n) is 7.52. The SMILES string of the molecule is CN(C[C@H]1CCN(C(=O)OC(C)(C)C)C1)C(=O)Cc1ccccc1. The Kier molecular flexibility index (Phi) is 5.86. The number of rotatable bonds is 4. The summed E-state index contributed by atoms with van der Waals surface area (Å²) in [5.74, 6) is 0.416. The molecule has 1 aliphatic rings. The molecule has 0 bridgehead atoms. The molecular weight excluding hydrogens is 304 g/mol. The van der Waals surface area contributed by atoms with Crippen molar-refractivity contribution in [3.8, 4) is 0 Å². The van der Waals surface area contributed by atoms with Crippen LogP contribution in [0.25, 0.3) is 0 Å². The molecule has 0 aliphatic carbocycles. The van der Waals surface area contributed by atoms with Crippen LogP contribution >= 0.6 is 0 Å². The van der Waals surface area contributed by atoms with Gasteiger partial charge in [-0.3, -0.25) is 4.79 Å². The molecule has 0 spiro atoms. The van der Waals surface area contributed by atoms with E-state index in [0.717, 1.165) is 12.0 Å². The summed E-state index contributed by atoms with van der Waals surface area (Å²) in [5, 5.41) is 0. The highest BCUT2D eigenvalue weighted by atomic mass is 16.6. The molecule has 1 heterocycles. The van der Waals surface area contributed by atoms with Crippen LogP contribution in [-0.2, 0) is 16.0 Å². The molecule has 1 aliphatic heterocycles. The van der Waals surface area contributed by atoms with E-state index in [4.69, 9.17) is 4.74 Å². The summed E-state index contributed by atoms with van der Waals surface area (Å²) in [5.41, 5.74) is 0.550. The van der Waals surface area contributed by atoms with E-state index in [1.54, 1.807) is 9.80 Å². The van der Waals surface area contributed by atoms with Gasteiger partial charge in [0.25, 0.3) is 0 Å². The van der Waals surface area contributed by atoms with E-state index >= 15 is 0 Å². The molecule has 1 saturated heterocycles. The molecular formula is C19H28N2O3. The molecule has 5 heteroatoms. The van der Waals surface area contributed by atoms with Crippen LogP contribution in [0.4, 0.5) is 4.79 Å². The van der Waals surface area contributed by atoms with Crippen LogP contribution in [0.2, 0.25) is 0 Å². The van der Waals surface area contributed by atoms with Gasteiger partial charge in [-0.2, -0.15) is 0 Å². The van der Waals surface area contributed by atoms with Crippen LogP contribution in [0, 0.1) is 5.92 Å². The second-order valence-corrected chi connectivity index (χ2v) is 7.52. The molecule has 0 aromatic heterocycles. The lowest BCUT2D eigenvalue weighted by Crippen LogP contribution is -2.37. The summed E-state index contributed by atoms with van der Waals surface area (Å²) in [6.07, 6.45) is 1.06. The van der Waals surface area contributed by atoms with Crippen LogP contribution < -0.4 is 0 Å². The fourth-order valence-electron chi connectivity index (χ4n) is 2.87. The molecule has 1 aromatic carbocycles. The van der Waals surface area contributed by atoms with Gasteiger partial charge in [-0.05, 0) is 38.7 Å². The zero-order chi connectivity index (χ0) is 17.7. The molecule has 2 rings (SSSR count). The highest BCUT2D eigenvalue weighted by molar-refractivity contribution is 5.78. The molecule has 24 heavy (non-hydrogen) atoms. The minimum Gasteiger partial charge on any atom is -0.444 e. The first-order chi connectivity index (χ1) is 11.2. The summed E-state index contributed by atoms with van der Waals surface area (Å²) in [7, 11) is 1.83. The third-order valence-electron chi connectivity index (χ3n) is 4.09. The van der Waals surface area contributed by atoms with Crippen LogP contribution in [-0.4, -0.2) is 54.1 Å². The first-order valence-electron chi connectivity index (χ1n) is 8.50. The molecule has 2 amide bonds. The van der Waals surface area contributed by atoms with Gasteiger partial charge in [-0.15, -0.1) is 0 Å².